The zero-order chi connectivity index (χ0) is 16.8. The third kappa shape index (κ3) is 2.47. The summed E-state index contributed by atoms with van der Waals surface area (Å²) in [5.41, 5.74) is 3.68. The first kappa shape index (κ1) is 15.8. The molecule has 1 saturated heterocycles. The molecule has 0 saturated carbocycles. The molecule has 1 aliphatic heterocycles. The predicted octanol–water partition coefficient (Wildman–Crippen LogP) is 3.84. The van der Waals surface area contributed by atoms with E-state index < -0.39 is 0 Å². The number of morpholine rings is 1. The van der Waals surface area contributed by atoms with Crippen LogP contribution in [0, 0.1) is 13.8 Å². The minimum Gasteiger partial charge on any atom is -0.377 e. The van der Waals surface area contributed by atoms with Gasteiger partial charge in [-0.15, -0.1) is 11.3 Å². The molecule has 4 rings (SSSR count). The molecular weight excluding hydrogens is 348 g/mol. The summed E-state index contributed by atoms with van der Waals surface area (Å²) in [4.78, 5) is 11.2. The second kappa shape index (κ2) is 5.98. The van der Waals surface area contributed by atoms with E-state index in [1.165, 1.54) is 0 Å². The highest BCUT2D eigenvalue weighted by Gasteiger charge is 2.26. The number of aryl methyl sites for hydroxylation is 2. The average molecular weight is 365 g/mol. The Morgan fingerprint density at radius 3 is 2.88 bits per heavy atom. The SMILES string of the molecule is Cc1noc(C)c1-c1csc2c(N3CCOC[C@H]3C)nc(Cl)nc12. The first-order valence-electron chi connectivity index (χ1n) is 7.78. The van der Waals surface area contributed by atoms with E-state index in [0.29, 0.717) is 13.2 Å². The molecule has 4 heterocycles. The molecule has 0 N–H and O–H groups in total. The van der Waals surface area contributed by atoms with Crippen LogP contribution in [0.2, 0.25) is 5.28 Å². The zero-order valence-electron chi connectivity index (χ0n) is 13.7. The van der Waals surface area contributed by atoms with Crippen LogP contribution in [-0.2, 0) is 4.74 Å². The van der Waals surface area contributed by atoms with Crippen LogP contribution in [0.4, 0.5) is 5.82 Å². The van der Waals surface area contributed by atoms with Gasteiger partial charge < -0.3 is 14.2 Å². The van der Waals surface area contributed by atoms with Gasteiger partial charge in [0.05, 0.1) is 40.7 Å². The second-order valence-corrected chi connectivity index (χ2v) is 7.18. The van der Waals surface area contributed by atoms with Crippen LogP contribution in [0.5, 0.6) is 0 Å². The first-order valence-corrected chi connectivity index (χ1v) is 9.04. The van der Waals surface area contributed by atoms with Crippen molar-refractivity contribution in [2.45, 2.75) is 26.8 Å². The smallest absolute Gasteiger partial charge is 0.224 e. The molecule has 3 aromatic rings. The van der Waals surface area contributed by atoms with Crippen molar-refractivity contribution >= 4 is 39.0 Å². The van der Waals surface area contributed by atoms with Gasteiger partial charge in [0.1, 0.15) is 5.76 Å². The van der Waals surface area contributed by atoms with Crippen molar-refractivity contribution in [1.29, 1.82) is 0 Å². The maximum atomic E-state index is 6.25. The van der Waals surface area contributed by atoms with Gasteiger partial charge in [-0.05, 0) is 32.4 Å². The monoisotopic (exact) mass is 364 g/mol. The quantitative estimate of drug-likeness (QED) is 0.644. The van der Waals surface area contributed by atoms with E-state index in [2.05, 4.69) is 32.3 Å². The molecule has 6 nitrogen and oxygen atoms in total. The third-order valence-electron chi connectivity index (χ3n) is 4.31. The Morgan fingerprint density at radius 2 is 2.17 bits per heavy atom. The van der Waals surface area contributed by atoms with Crippen molar-refractivity contribution in [1.82, 2.24) is 15.1 Å². The number of halogens is 1. The summed E-state index contributed by atoms with van der Waals surface area (Å²) in [6.07, 6.45) is 0. The Hall–Kier alpha value is -1.70. The number of aromatic nitrogens is 3. The average Bonchev–Trinajstić information content (AvgIpc) is 3.10. The van der Waals surface area contributed by atoms with Gasteiger partial charge in [-0.1, -0.05) is 5.16 Å². The Bertz CT molecular complexity index is 887. The number of hydrogen-bond acceptors (Lipinski definition) is 7. The van der Waals surface area contributed by atoms with Gasteiger partial charge in [0.2, 0.25) is 5.28 Å². The Balaban J connectivity index is 1.92. The number of anilines is 1. The molecule has 8 heteroatoms. The molecule has 126 valence electrons. The van der Waals surface area contributed by atoms with Crippen molar-refractivity contribution < 1.29 is 9.26 Å². The predicted molar refractivity (Wildman–Crippen MR) is 95.0 cm³/mol. The van der Waals surface area contributed by atoms with Gasteiger partial charge in [0.25, 0.3) is 0 Å². The van der Waals surface area contributed by atoms with Crippen molar-refractivity contribution in [3.05, 3.63) is 22.1 Å². The van der Waals surface area contributed by atoms with E-state index in [4.69, 9.17) is 20.9 Å². The van der Waals surface area contributed by atoms with Crippen molar-refractivity contribution in [3.63, 3.8) is 0 Å². The van der Waals surface area contributed by atoms with Crippen molar-refractivity contribution in [2.75, 3.05) is 24.7 Å². The molecule has 0 aromatic carbocycles. The fourth-order valence-corrected chi connectivity index (χ4v) is 4.32. The lowest BCUT2D eigenvalue weighted by atomic mass is 10.1. The standard InChI is InChI=1S/C16H17ClN4O2S/c1-8-6-22-5-4-21(8)15-14-13(18-16(17)19-15)11(7-24-14)12-9(2)20-23-10(12)3/h7-8H,4-6H2,1-3H3/t8-/m1/s1. The van der Waals surface area contributed by atoms with Crippen LogP contribution < -0.4 is 4.90 Å². The largest absolute Gasteiger partial charge is 0.377 e. The second-order valence-electron chi connectivity index (χ2n) is 5.96. The highest BCUT2D eigenvalue weighted by Crippen LogP contribution is 2.40. The number of nitrogens with zero attached hydrogens (tertiary/aromatic N) is 4. The van der Waals surface area contributed by atoms with Crippen molar-refractivity contribution in [3.8, 4) is 11.1 Å². The number of fused-ring (bicyclic) bond motifs is 1. The van der Waals surface area contributed by atoms with Gasteiger partial charge in [-0.2, -0.15) is 4.98 Å². The molecule has 0 spiro atoms. The van der Waals surface area contributed by atoms with Gasteiger partial charge in [-0.25, -0.2) is 4.98 Å². The summed E-state index contributed by atoms with van der Waals surface area (Å²) >= 11 is 7.87. The highest BCUT2D eigenvalue weighted by atomic mass is 35.5. The van der Waals surface area contributed by atoms with E-state index in [1.54, 1.807) is 11.3 Å². The van der Waals surface area contributed by atoms with Crippen LogP contribution in [0.3, 0.4) is 0 Å². The lowest BCUT2D eigenvalue weighted by molar-refractivity contribution is 0.0987. The third-order valence-corrected chi connectivity index (χ3v) is 5.45. The molecule has 0 aliphatic carbocycles. The fourth-order valence-electron chi connectivity index (χ4n) is 3.16. The normalized spacial score (nSPS) is 18.5. The van der Waals surface area contributed by atoms with Crippen LogP contribution >= 0.6 is 22.9 Å². The minimum atomic E-state index is 0.248. The van der Waals surface area contributed by atoms with Gasteiger partial charge >= 0.3 is 0 Å². The van der Waals surface area contributed by atoms with Crippen LogP contribution in [0.15, 0.2) is 9.90 Å². The Kier molecular flexibility index (Phi) is 3.94. The maximum Gasteiger partial charge on any atom is 0.224 e. The Morgan fingerprint density at radius 1 is 1.33 bits per heavy atom. The zero-order valence-corrected chi connectivity index (χ0v) is 15.2. The molecule has 1 atom stereocenters. The maximum absolute atomic E-state index is 6.25. The fraction of sp³-hybridized carbons (Fsp3) is 0.438. The molecule has 1 aliphatic rings. The molecule has 0 radical (unpaired) electrons. The van der Waals surface area contributed by atoms with E-state index in [0.717, 1.165) is 45.2 Å². The number of hydrogen-bond donors (Lipinski definition) is 0. The highest BCUT2D eigenvalue weighted by molar-refractivity contribution is 7.18. The number of ether oxygens (including phenoxy) is 1. The lowest BCUT2D eigenvalue weighted by Crippen LogP contribution is -2.44. The van der Waals surface area contributed by atoms with E-state index >= 15 is 0 Å². The summed E-state index contributed by atoms with van der Waals surface area (Å²) in [6, 6.07) is 0.248. The van der Waals surface area contributed by atoms with Crippen molar-refractivity contribution in [2.24, 2.45) is 0 Å². The molecule has 0 amide bonds. The number of thiophene rings is 1. The Labute approximate surface area is 148 Å². The van der Waals surface area contributed by atoms with Gasteiger partial charge in [-0.3, -0.25) is 0 Å². The number of rotatable bonds is 2. The molecule has 24 heavy (non-hydrogen) atoms. The van der Waals surface area contributed by atoms with Gasteiger partial charge in [0.15, 0.2) is 5.82 Å². The summed E-state index contributed by atoms with van der Waals surface area (Å²) in [5, 5.41) is 6.38. The van der Waals surface area contributed by atoms with Crippen LogP contribution in [0.1, 0.15) is 18.4 Å². The molecule has 0 unspecified atom stereocenters. The van der Waals surface area contributed by atoms with E-state index in [9.17, 15) is 0 Å². The topological polar surface area (TPSA) is 64.3 Å². The van der Waals surface area contributed by atoms with Crippen LogP contribution in [0.25, 0.3) is 21.3 Å². The molecule has 0 bridgehead atoms. The van der Waals surface area contributed by atoms with Gasteiger partial charge in [0, 0.05) is 17.5 Å². The summed E-state index contributed by atoms with van der Waals surface area (Å²) in [7, 11) is 0. The van der Waals surface area contributed by atoms with Crippen LogP contribution in [-0.4, -0.2) is 40.9 Å². The summed E-state index contributed by atoms with van der Waals surface area (Å²) in [5.74, 6) is 1.66. The minimum absolute atomic E-state index is 0.248. The summed E-state index contributed by atoms with van der Waals surface area (Å²) < 4.78 is 11.9. The molecule has 1 fully saturated rings. The van der Waals surface area contributed by atoms with E-state index in [1.807, 2.05) is 13.8 Å². The van der Waals surface area contributed by atoms with E-state index in [-0.39, 0.29) is 11.3 Å². The molecule has 3 aromatic heterocycles. The summed E-state index contributed by atoms with van der Waals surface area (Å²) in [6.45, 7) is 8.14. The lowest BCUT2D eigenvalue weighted by Gasteiger charge is -2.34. The molecular formula is C16H17ClN4O2S. The first-order chi connectivity index (χ1) is 11.6.